The monoisotopic (exact) mass is 350 g/mol. The molecule has 1 heterocycles. The highest BCUT2D eigenvalue weighted by Gasteiger charge is 2.26. The molecule has 2 N–H and O–H groups in total. The second-order valence-corrected chi connectivity index (χ2v) is 6.56. The van der Waals surface area contributed by atoms with E-state index in [-0.39, 0.29) is 12.4 Å². The minimum Gasteiger partial charge on any atom is -0.326 e. The number of likely N-dealkylation sites (tertiary alicyclic amines) is 1. The second-order valence-electron chi connectivity index (χ2n) is 4.79. The fraction of sp³-hybridized carbons (Fsp3) is 0.538. The topological polar surface area (TPSA) is 29.3 Å². The van der Waals surface area contributed by atoms with Gasteiger partial charge in [-0.3, -0.25) is 4.90 Å². The van der Waals surface area contributed by atoms with Gasteiger partial charge in [0.15, 0.2) is 0 Å². The molecule has 2 atom stereocenters. The van der Waals surface area contributed by atoms with Gasteiger partial charge in [-0.05, 0) is 29.9 Å². The Balaban J connectivity index is 0.00000162. The molecule has 18 heavy (non-hydrogen) atoms. The average Bonchev–Trinajstić information content (AvgIpc) is 2.60. The molecule has 2 nitrogen and oxygen atoms in total. The van der Waals surface area contributed by atoms with Crippen molar-refractivity contribution in [2.75, 3.05) is 19.3 Å². The number of hydrogen-bond donors (Lipinski definition) is 1. The van der Waals surface area contributed by atoms with Gasteiger partial charge in [0.2, 0.25) is 0 Å². The van der Waals surface area contributed by atoms with Crippen molar-refractivity contribution in [3.05, 3.63) is 28.2 Å². The van der Waals surface area contributed by atoms with Gasteiger partial charge in [0.25, 0.3) is 0 Å². The highest BCUT2D eigenvalue weighted by Crippen LogP contribution is 2.27. The van der Waals surface area contributed by atoms with Crippen molar-refractivity contribution in [3.8, 4) is 0 Å². The van der Waals surface area contributed by atoms with Crippen LogP contribution in [0.2, 0.25) is 0 Å². The van der Waals surface area contributed by atoms with Crippen molar-refractivity contribution in [3.63, 3.8) is 0 Å². The molecule has 1 aromatic rings. The normalized spacial score (nSPS) is 24.0. The minimum atomic E-state index is 0. The van der Waals surface area contributed by atoms with Crippen molar-refractivity contribution in [1.82, 2.24) is 4.90 Å². The van der Waals surface area contributed by atoms with Gasteiger partial charge in [-0.15, -0.1) is 24.2 Å². The van der Waals surface area contributed by atoms with Crippen LogP contribution >= 0.6 is 40.1 Å². The molecule has 0 saturated carbocycles. The smallest absolute Gasteiger partial charge is 0.0245 e. The largest absolute Gasteiger partial charge is 0.326 e. The molecule has 0 aliphatic carbocycles. The summed E-state index contributed by atoms with van der Waals surface area (Å²) >= 11 is 5.33. The summed E-state index contributed by atoms with van der Waals surface area (Å²) in [5.74, 6) is 0.614. The number of nitrogens with two attached hydrogens (primary N) is 1. The Kier molecular flexibility index (Phi) is 6.48. The fourth-order valence-corrected chi connectivity index (χ4v) is 3.47. The SMILES string of the molecule is CSc1cc(Br)ccc1CN1CC(C)C(N)C1.Cl. The zero-order valence-corrected chi connectivity index (χ0v) is 13.9. The summed E-state index contributed by atoms with van der Waals surface area (Å²) in [5, 5.41) is 0. The van der Waals surface area contributed by atoms with E-state index in [0.717, 1.165) is 24.1 Å². The molecule has 0 bridgehead atoms. The molecule has 5 heteroatoms. The fourth-order valence-electron chi connectivity index (χ4n) is 2.31. The van der Waals surface area contributed by atoms with Crippen molar-refractivity contribution in [2.45, 2.75) is 24.4 Å². The van der Waals surface area contributed by atoms with E-state index in [1.54, 1.807) is 11.8 Å². The summed E-state index contributed by atoms with van der Waals surface area (Å²) in [6.45, 7) is 5.39. The third-order valence-corrected chi connectivity index (χ3v) is 4.70. The van der Waals surface area contributed by atoms with Gasteiger partial charge >= 0.3 is 0 Å². The summed E-state index contributed by atoms with van der Waals surface area (Å²) < 4.78 is 1.15. The van der Waals surface area contributed by atoms with Crippen molar-refractivity contribution < 1.29 is 0 Å². The Hall–Kier alpha value is 0.260. The number of benzene rings is 1. The average molecular weight is 352 g/mol. The van der Waals surface area contributed by atoms with Gasteiger partial charge in [0, 0.05) is 35.0 Å². The van der Waals surface area contributed by atoms with E-state index < -0.39 is 0 Å². The van der Waals surface area contributed by atoms with E-state index in [9.17, 15) is 0 Å². The van der Waals surface area contributed by atoms with Crippen LogP contribution in [0.4, 0.5) is 0 Å². The molecular formula is C13H20BrClN2S. The first-order valence-corrected chi connectivity index (χ1v) is 7.92. The first-order valence-electron chi connectivity index (χ1n) is 5.90. The highest BCUT2D eigenvalue weighted by molar-refractivity contribution is 9.10. The van der Waals surface area contributed by atoms with Gasteiger partial charge in [0.05, 0.1) is 0 Å². The van der Waals surface area contributed by atoms with E-state index in [4.69, 9.17) is 5.73 Å². The Labute approximate surface area is 128 Å². The van der Waals surface area contributed by atoms with Crippen LogP contribution in [-0.2, 0) is 6.54 Å². The molecular weight excluding hydrogens is 332 g/mol. The summed E-state index contributed by atoms with van der Waals surface area (Å²) in [5.41, 5.74) is 7.47. The van der Waals surface area contributed by atoms with E-state index in [2.05, 4.69) is 52.2 Å². The Morgan fingerprint density at radius 1 is 1.44 bits per heavy atom. The van der Waals surface area contributed by atoms with Gasteiger partial charge in [-0.2, -0.15) is 0 Å². The molecule has 1 fully saturated rings. The molecule has 0 aromatic heterocycles. The highest BCUT2D eigenvalue weighted by atomic mass is 79.9. The molecule has 2 unspecified atom stereocenters. The molecule has 0 spiro atoms. The van der Waals surface area contributed by atoms with E-state index in [1.807, 2.05) is 0 Å². The Morgan fingerprint density at radius 2 is 2.17 bits per heavy atom. The van der Waals surface area contributed by atoms with Crippen LogP contribution in [0.3, 0.4) is 0 Å². The third-order valence-electron chi connectivity index (χ3n) is 3.39. The van der Waals surface area contributed by atoms with Gasteiger partial charge in [-0.25, -0.2) is 0 Å². The predicted octanol–water partition coefficient (Wildman–Crippen LogP) is 3.37. The first-order chi connectivity index (χ1) is 8.10. The van der Waals surface area contributed by atoms with Gasteiger partial charge in [-0.1, -0.05) is 28.9 Å². The van der Waals surface area contributed by atoms with E-state index >= 15 is 0 Å². The lowest BCUT2D eigenvalue weighted by Gasteiger charge is -2.17. The maximum Gasteiger partial charge on any atom is 0.0245 e. The zero-order chi connectivity index (χ0) is 12.4. The number of halogens is 2. The number of hydrogen-bond acceptors (Lipinski definition) is 3. The molecule has 0 amide bonds. The summed E-state index contributed by atoms with van der Waals surface area (Å²) in [6, 6.07) is 6.86. The summed E-state index contributed by atoms with van der Waals surface area (Å²) in [7, 11) is 0. The number of rotatable bonds is 3. The first kappa shape index (κ1) is 16.3. The van der Waals surface area contributed by atoms with Crippen LogP contribution < -0.4 is 5.73 Å². The molecule has 1 aliphatic heterocycles. The molecule has 1 aromatic carbocycles. The van der Waals surface area contributed by atoms with Gasteiger partial charge in [0.1, 0.15) is 0 Å². The lowest BCUT2D eigenvalue weighted by atomic mass is 10.1. The summed E-state index contributed by atoms with van der Waals surface area (Å²) in [4.78, 5) is 3.81. The van der Waals surface area contributed by atoms with Crippen molar-refractivity contribution in [2.24, 2.45) is 11.7 Å². The lowest BCUT2D eigenvalue weighted by Crippen LogP contribution is -2.28. The standard InChI is InChI=1S/C13H19BrN2S.ClH/c1-9-6-16(8-12(9)15)7-10-3-4-11(14)5-13(10)17-2;/h3-5,9,12H,6-8,15H2,1-2H3;1H. The zero-order valence-electron chi connectivity index (χ0n) is 10.7. The van der Waals surface area contributed by atoms with Crippen LogP contribution in [0.25, 0.3) is 0 Å². The van der Waals surface area contributed by atoms with Crippen LogP contribution in [0.5, 0.6) is 0 Å². The molecule has 1 aliphatic rings. The molecule has 102 valence electrons. The molecule has 2 rings (SSSR count). The van der Waals surface area contributed by atoms with E-state index in [0.29, 0.717) is 12.0 Å². The predicted molar refractivity (Wildman–Crippen MR) is 85.6 cm³/mol. The minimum absolute atomic E-state index is 0. The van der Waals surface area contributed by atoms with Crippen molar-refractivity contribution >= 4 is 40.1 Å². The van der Waals surface area contributed by atoms with Crippen LogP contribution in [0.15, 0.2) is 27.6 Å². The molecule has 0 radical (unpaired) electrons. The lowest BCUT2D eigenvalue weighted by molar-refractivity contribution is 0.316. The Morgan fingerprint density at radius 3 is 2.72 bits per heavy atom. The number of nitrogens with zero attached hydrogens (tertiary/aromatic N) is 1. The molecule has 1 saturated heterocycles. The summed E-state index contributed by atoms with van der Waals surface area (Å²) in [6.07, 6.45) is 2.13. The quantitative estimate of drug-likeness (QED) is 0.847. The van der Waals surface area contributed by atoms with E-state index in [1.165, 1.54) is 10.5 Å². The Bertz CT molecular complexity index is 393. The third kappa shape index (κ3) is 3.87. The van der Waals surface area contributed by atoms with Crippen LogP contribution in [-0.4, -0.2) is 30.3 Å². The second kappa shape index (κ2) is 7.15. The van der Waals surface area contributed by atoms with Crippen LogP contribution in [0.1, 0.15) is 12.5 Å². The van der Waals surface area contributed by atoms with Gasteiger partial charge < -0.3 is 5.73 Å². The van der Waals surface area contributed by atoms with Crippen LogP contribution in [0, 0.1) is 5.92 Å². The maximum absolute atomic E-state index is 6.06. The van der Waals surface area contributed by atoms with Crippen molar-refractivity contribution in [1.29, 1.82) is 0 Å². The maximum atomic E-state index is 6.06. The number of thioether (sulfide) groups is 1.